The highest BCUT2D eigenvalue weighted by molar-refractivity contribution is 5.91. The summed E-state index contributed by atoms with van der Waals surface area (Å²) in [6.07, 6.45) is -0.548. The van der Waals surface area contributed by atoms with Gasteiger partial charge in [0.1, 0.15) is 23.4 Å². The Morgan fingerprint density at radius 3 is 2.58 bits per heavy atom. The standard InChI is InChI=1S/C23H28F3N5O5/c1-33-19-7-6-17(36-23(24,25)26)14-18(19)29-21(32)28-15-2-4-16(5-3-15)35-22-27-9-8-20(30-22)31-10-12-34-13-11-31/h6-9,14-16H,2-5,10-13H2,1H3,(H2,28,29,32). The van der Waals surface area contributed by atoms with Crippen molar-refractivity contribution >= 4 is 17.5 Å². The quantitative estimate of drug-likeness (QED) is 0.579. The minimum atomic E-state index is -4.84. The van der Waals surface area contributed by atoms with E-state index in [1.807, 2.05) is 6.07 Å². The van der Waals surface area contributed by atoms with Crippen LogP contribution in [0.15, 0.2) is 30.5 Å². The molecule has 1 aromatic heterocycles. The van der Waals surface area contributed by atoms with E-state index in [-0.39, 0.29) is 23.6 Å². The van der Waals surface area contributed by atoms with E-state index in [4.69, 9.17) is 14.2 Å². The van der Waals surface area contributed by atoms with E-state index in [1.165, 1.54) is 13.2 Å². The van der Waals surface area contributed by atoms with Gasteiger partial charge >= 0.3 is 18.4 Å². The first-order valence-corrected chi connectivity index (χ1v) is 11.6. The van der Waals surface area contributed by atoms with Gasteiger partial charge in [0.15, 0.2) is 0 Å². The zero-order valence-corrected chi connectivity index (χ0v) is 19.7. The molecular weight excluding hydrogens is 483 g/mol. The molecule has 2 fully saturated rings. The van der Waals surface area contributed by atoms with Gasteiger partial charge in [-0.05, 0) is 43.9 Å². The van der Waals surface area contributed by atoms with Crippen molar-refractivity contribution < 1.29 is 36.9 Å². The number of anilines is 2. The number of hydrogen-bond acceptors (Lipinski definition) is 8. The van der Waals surface area contributed by atoms with Crippen molar-refractivity contribution in [2.24, 2.45) is 0 Å². The molecular formula is C23H28F3N5O5. The van der Waals surface area contributed by atoms with Gasteiger partial charge in [0, 0.05) is 31.4 Å². The molecule has 0 spiro atoms. The molecule has 2 aliphatic rings. The molecule has 1 aliphatic heterocycles. The predicted molar refractivity (Wildman–Crippen MR) is 124 cm³/mol. The number of alkyl halides is 3. The van der Waals surface area contributed by atoms with Gasteiger partial charge in [-0.15, -0.1) is 13.2 Å². The average Bonchev–Trinajstić information content (AvgIpc) is 2.85. The topological polar surface area (TPSA) is 107 Å². The lowest BCUT2D eigenvalue weighted by Gasteiger charge is -2.30. The second-order valence-corrected chi connectivity index (χ2v) is 8.40. The van der Waals surface area contributed by atoms with Crippen molar-refractivity contribution in [1.82, 2.24) is 15.3 Å². The molecule has 2 amide bonds. The minimum Gasteiger partial charge on any atom is -0.495 e. The first-order valence-electron chi connectivity index (χ1n) is 11.6. The smallest absolute Gasteiger partial charge is 0.495 e. The fraction of sp³-hybridized carbons (Fsp3) is 0.522. The average molecular weight is 512 g/mol. The van der Waals surface area contributed by atoms with Crippen LogP contribution in [-0.2, 0) is 4.74 Å². The van der Waals surface area contributed by atoms with Crippen LogP contribution >= 0.6 is 0 Å². The van der Waals surface area contributed by atoms with E-state index < -0.39 is 18.1 Å². The number of rotatable bonds is 7. The van der Waals surface area contributed by atoms with Crippen molar-refractivity contribution in [3.05, 3.63) is 30.5 Å². The van der Waals surface area contributed by atoms with E-state index in [9.17, 15) is 18.0 Å². The number of carbonyl (C=O) groups excluding carboxylic acids is 1. The monoisotopic (exact) mass is 511 g/mol. The Balaban J connectivity index is 1.26. The van der Waals surface area contributed by atoms with Crippen LogP contribution in [0.3, 0.4) is 0 Å². The fourth-order valence-electron chi connectivity index (χ4n) is 4.16. The molecule has 36 heavy (non-hydrogen) atoms. The minimum absolute atomic E-state index is 0.0612. The number of carbonyl (C=O) groups is 1. The summed E-state index contributed by atoms with van der Waals surface area (Å²) in [6.45, 7) is 2.84. The van der Waals surface area contributed by atoms with Gasteiger partial charge in [0.2, 0.25) is 0 Å². The van der Waals surface area contributed by atoms with Crippen molar-refractivity contribution in [3.8, 4) is 17.5 Å². The maximum absolute atomic E-state index is 12.5. The van der Waals surface area contributed by atoms with Gasteiger partial charge in [0.25, 0.3) is 0 Å². The number of nitrogens with zero attached hydrogens (tertiary/aromatic N) is 3. The second-order valence-electron chi connectivity index (χ2n) is 8.40. The highest BCUT2D eigenvalue weighted by Crippen LogP contribution is 2.32. The Kier molecular flexibility index (Phi) is 8.18. The Morgan fingerprint density at radius 2 is 1.89 bits per heavy atom. The predicted octanol–water partition coefficient (Wildman–Crippen LogP) is 3.73. The number of benzene rings is 1. The summed E-state index contributed by atoms with van der Waals surface area (Å²) in [5, 5.41) is 5.39. The zero-order chi connectivity index (χ0) is 25.5. The second kappa shape index (κ2) is 11.5. The third kappa shape index (κ3) is 7.26. The summed E-state index contributed by atoms with van der Waals surface area (Å²) >= 11 is 0. The van der Waals surface area contributed by atoms with Gasteiger partial charge in [-0.25, -0.2) is 9.78 Å². The lowest BCUT2D eigenvalue weighted by atomic mass is 9.93. The van der Waals surface area contributed by atoms with E-state index in [1.54, 1.807) is 6.20 Å². The Labute approximate surface area is 206 Å². The number of methoxy groups -OCH3 is 1. The Hall–Kier alpha value is -3.48. The number of urea groups is 1. The molecule has 1 aromatic carbocycles. The molecule has 1 saturated carbocycles. The molecule has 0 bridgehead atoms. The lowest BCUT2D eigenvalue weighted by molar-refractivity contribution is -0.274. The van der Waals surface area contributed by atoms with Crippen LogP contribution in [0.25, 0.3) is 0 Å². The normalized spacial score (nSPS) is 20.4. The number of halogens is 3. The largest absolute Gasteiger partial charge is 0.573 e. The van der Waals surface area contributed by atoms with Crippen LogP contribution in [0.5, 0.6) is 17.5 Å². The Bertz CT molecular complexity index is 1030. The summed E-state index contributed by atoms with van der Waals surface area (Å²) in [7, 11) is 1.35. The molecule has 10 nitrogen and oxygen atoms in total. The number of nitrogens with one attached hydrogen (secondary N) is 2. The van der Waals surface area contributed by atoms with Crippen molar-refractivity contribution in [2.75, 3.05) is 43.6 Å². The number of morpholine rings is 1. The summed E-state index contributed by atoms with van der Waals surface area (Å²) in [6, 6.07) is 4.95. The van der Waals surface area contributed by atoms with Gasteiger partial charge in [-0.2, -0.15) is 4.98 Å². The molecule has 1 aliphatic carbocycles. The molecule has 13 heteroatoms. The van der Waals surface area contributed by atoms with E-state index in [2.05, 4.69) is 30.2 Å². The molecule has 1 saturated heterocycles. The van der Waals surface area contributed by atoms with Crippen LogP contribution < -0.4 is 29.7 Å². The number of aromatic nitrogens is 2. The first kappa shape index (κ1) is 25.6. The van der Waals surface area contributed by atoms with Gasteiger partial charge in [-0.1, -0.05) is 0 Å². The summed E-state index contributed by atoms with van der Waals surface area (Å²) in [5.41, 5.74) is 0.0612. The fourth-order valence-corrected chi connectivity index (χ4v) is 4.16. The molecule has 2 aromatic rings. The SMILES string of the molecule is COc1ccc(OC(F)(F)F)cc1NC(=O)NC1CCC(Oc2nccc(N3CCOCC3)n2)CC1. The van der Waals surface area contributed by atoms with Crippen molar-refractivity contribution in [2.45, 2.75) is 44.2 Å². The third-order valence-electron chi connectivity index (χ3n) is 5.89. The summed E-state index contributed by atoms with van der Waals surface area (Å²) in [5.74, 6) is 0.544. The molecule has 2 heterocycles. The van der Waals surface area contributed by atoms with Crippen LogP contribution in [-0.4, -0.2) is 67.9 Å². The number of ether oxygens (including phenoxy) is 4. The van der Waals surface area contributed by atoms with Crippen LogP contribution in [0.1, 0.15) is 25.7 Å². The maximum atomic E-state index is 12.5. The highest BCUT2D eigenvalue weighted by Gasteiger charge is 2.31. The van der Waals surface area contributed by atoms with Crippen LogP contribution in [0, 0.1) is 0 Å². The van der Waals surface area contributed by atoms with E-state index in [0.717, 1.165) is 31.0 Å². The number of amides is 2. The molecule has 0 radical (unpaired) electrons. The van der Waals surface area contributed by atoms with E-state index in [0.29, 0.717) is 44.9 Å². The van der Waals surface area contributed by atoms with Gasteiger partial charge < -0.3 is 34.5 Å². The summed E-state index contributed by atoms with van der Waals surface area (Å²) in [4.78, 5) is 23.4. The van der Waals surface area contributed by atoms with Gasteiger partial charge in [0.05, 0.1) is 26.0 Å². The van der Waals surface area contributed by atoms with Crippen LogP contribution in [0.4, 0.5) is 29.5 Å². The first-order chi connectivity index (χ1) is 17.3. The molecule has 0 unspecified atom stereocenters. The van der Waals surface area contributed by atoms with E-state index >= 15 is 0 Å². The molecule has 0 atom stereocenters. The zero-order valence-electron chi connectivity index (χ0n) is 19.7. The number of hydrogen-bond donors (Lipinski definition) is 2. The van der Waals surface area contributed by atoms with Crippen molar-refractivity contribution in [1.29, 1.82) is 0 Å². The lowest BCUT2D eigenvalue weighted by Crippen LogP contribution is -2.42. The Morgan fingerprint density at radius 1 is 1.14 bits per heavy atom. The third-order valence-corrected chi connectivity index (χ3v) is 5.89. The van der Waals surface area contributed by atoms with Crippen LogP contribution in [0.2, 0.25) is 0 Å². The maximum Gasteiger partial charge on any atom is 0.573 e. The summed E-state index contributed by atoms with van der Waals surface area (Å²) < 4.78 is 58.0. The van der Waals surface area contributed by atoms with Crippen molar-refractivity contribution in [3.63, 3.8) is 0 Å². The van der Waals surface area contributed by atoms with Gasteiger partial charge in [-0.3, -0.25) is 0 Å². The molecule has 4 rings (SSSR count). The molecule has 2 N–H and O–H groups in total. The molecule has 196 valence electrons. The highest BCUT2D eigenvalue weighted by atomic mass is 19.4.